The van der Waals surface area contributed by atoms with Gasteiger partial charge in [-0.1, -0.05) is 28.1 Å². The predicted octanol–water partition coefficient (Wildman–Crippen LogP) is 3.52. The molecule has 1 aliphatic heterocycles. The van der Waals surface area contributed by atoms with Crippen molar-refractivity contribution in [3.8, 4) is 0 Å². The minimum absolute atomic E-state index is 0.269. The van der Waals surface area contributed by atoms with Crippen molar-refractivity contribution in [1.29, 1.82) is 0 Å². The van der Waals surface area contributed by atoms with E-state index in [1.165, 1.54) is 4.90 Å². The molecule has 1 aliphatic rings. The zero-order valence-corrected chi connectivity index (χ0v) is 15.4. The SMILES string of the molecule is CCOC(=O)C1CC(/C=C/CBr)CCN1C(=O)OC(C)(C)C. The van der Waals surface area contributed by atoms with Gasteiger partial charge in [0, 0.05) is 11.9 Å². The first-order chi connectivity index (χ1) is 10.3. The van der Waals surface area contributed by atoms with Gasteiger partial charge in [0.1, 0.15) is 11.6 Å². The van der Waals surface area contributed by atoms with Crippen LogP contribution in [0.5, 0.6) is 0 Å². The fraction of sp³-hybridized carbons (Fsp3) is 0.750. The molecular formula is C16H26BrNO4. The summed E-state index contributed by atoms with van der Waals surface area (Å²) < 4.78 is 10.5. The molecule has 1 saturated heterocycles. The number of ether oxygens (including phenoxy) is 2. The number of carbonyl (C=O) groups is 2. The van der Waals surface area contributed by atoms with Gasteiger partial charge in [-0.25, -0.2) is 9.59 Å². The Morgan fingerprint density at radius 3 is 2.59 bits per heavy atom. The number of likely N-dealkylation sites (tertiary alicyclic amines) is 1. The van der Waals surface area contributed by atoms with Crippen LogP contribution < -0.4 is 0 Å². The largest absolute Gasteiger partial charge is 0.464 e. The number of carbonyl (C=O) groups excluding carboxylic acids is 2. The van der Waals surface area contributed by atoms with E-state index in [1.807, 2.05) is 26.8 Å². The molecule has 0 spiro atoms. The van der Waals surface area contributed by atoms with E-state index in [-0.39, 0.29) is 11.9 Å². The van der Waals surface area contributed by atoms with E-state index in [9.17, 15) is 9.59 Å². The Kier molecular flexibility index (Phi) is 7.39. The maximum Gasteiger partial charge on any atom is 0.411 e. The molecule has 126 valence electrons. The number of rotatable bonds is 4. The van der Waals surface area contributed by atoms with E-state index in [2.05, 4.69) is 22.0 Å². The average Bonchev–Trinajstić information content (AvgIpc) is 2.43. The average molecular weight is 376 g/mol. The van der Waals surface area contributed by atoms with Gasteiger partial charge >= 0.3 is 12.1 Å². The van der Waals surface area contributed by atoms with Crippen molar-refractivity contribution in [2.45, 2.75) is 52.2 Å². The maximum absolute atomic E-state index is 12.3. The van der Waals surface area contributed by atoms with Crippen LogP contribution in [0.3, 0.4) is 0 Å². The highest BCUT2D eigenvalue weighted by Crippen LogP contribution is 2.26. The molecule has 22 heavy (non-hydrogen) atoms. The third kappa shape index (κ3) is 5.99. The van der Waals surface area contributed by atoms with Crippen LogP contribution in [0.1, 0.15) is 40.5 Å². The minimum Gasteiger partial charge on any atom is -0.464 e. The Hall–Kier alpha value is -1.04. The van der Waals surface area contributed by atoms with Crippen LogP contribution in [0.2, 0.25) is 0 Å². The predicted molar refractivity (Wildman–Crippen MR) is 89.0 cm³/mol. The number of hydrogen-bond donors (Lipinski definition) is 0. The van der Waals surface area contributed by atoms with E-state index in [0.29, 0.717) is 19.6 Å². The fourth-order valence-electron chi connectivity index (χ4n) is 2.41. The van der Waals surface area contributed by atoms with Gasteiger partial charge in [0.2, 0.25) is 0 Å². The molecule has 0 bridgehead atoms. The number of esters is 1. The zero-order valence-electron chi connectivity index (χ0n) is 13.8. The number of alkyl halides is 1. The van der Waals surface area contributed by atoms with Crippen molar-refractivity contribution in [3.63, 3.8) is 0 Å². The van der Waals surface area contributed by atoms with Gasteiger partial charge in [0.15, 0.2) is 0 Å². The summed E-state index contributed by atoms with van der Waals surface area (Å²) in [7, 11) is 0. The molecule has 1 rings (SSSR count). The molecule has 1 fully saturated rings. The van der Waals surface area contributed by atoms with Crippen LogP contribution in [0.25, 0.3) is 0 Å². The highest BCUT2D eigenvalue weighted by atomic mass is 79.9. The van der Waals surface area contributed by atoms with Crippen molar-refractivity contribution in [3.05, 3.63) is 12.2 Å². The Labute approximate surface area is 141 Å². The highest BCUT2D eigenvalue weighted by Gasteiger charge is 2.38. The van der Waals surface area contributed by atoms with Gasteiger partial charge in [-0.05, 0) is 46.5 Å². The molecule has 0 aliphatic carbocycles. The molecule has 0 aromatic rings. The van der Waals surface area contributed by atoms with Crippen molar-refractivity contribution in [1.82, 2.24) is 4.90 Å². The molecule has 0 N–H and O–H groups in total. The fourth-order valence-corrected chi connectivity index (χ4v) is 2.63. The van der Waals surface area contributed by atoms with Crippen LogP contribution in [-0.2, 0) is 14.3 Å². The molecule has 2 atom stereocenters. The summed E-state index contributed by atoms with van der Waals surface area (Å²) in [6, 6.07) is -0.575. The van der Waals surface area contributed by atoms with Gasteiger partial charge in [0.25, 0.3) is 0 Å². The van der Waals surface area contributed by atoms with Crippen LogP contribution in [-0.4, -0.2) is 47.1 Å². The molecule has 2 unspecified atom stereocenters. The lowest BCUT2D eigenvalue weighted by atomic mass is 9.90. The number of halogens is 1. The van der Waals surface area contributed by atoms with Gasteiger partial charge in [-0.15, -0.1) is 0 Å². The lowest BCUT2D eigenvalue weighted by molar-refractivity contribution is -0.151. The smallest absolute Gasteiger partial charge is 0.411 e. The van der Waals surface area contributed by atoms with Crippen LogP contribution >= 0.6 is 15.9 Å². The first-order valence-corrected chi connectivity index (χ1v) is 8.79. The van der Waals surface area contributed by atoms with E-state index in [1.54, 1.807) is 6.92 Å². The lowest BCUT2D eigenvalue weighted by Crippen LogP contribution is -2.51. The van der Waals surface area contributed by atoms with E-state index in [4.69, 9.17) is 9.47 Å². The summed E-state index contributed by atoms with van der Waals surface area (Å²) in [5.74, 6) is -0.0871. The second-order valence-electron chi connectivity index (χ2n) is 6.31. The van der Waals surface area contributed by atoms with Crippen LogP contribution in [0.4, 0.5) is 4.79 Å². The molecular weight excluding hydrogens is 350 g/mol. The lowest BCUT2D eigenvalue weighted by Gasteiger charge is -2.37. The standard InChI is InChI=1S/C16H26BrNO4/c1-5-21-14(19)13-11-12(7-6-9-17)8-10-18(13)15(20)22-16(2,3)4/h6-7,12-13H,5,8-11H2,1-4H3/b7-6+. The van der Waals surface area contributed by atoms with Gasteiger partial charge in [-0.3, -0.25) is 4.90 Å². The number of nitrogens with zero attached hydrogens (tertiary/aromatic N) is 1. The Morgan fingerprint density at radius 1 is 1.36 bits per heavy atom. The Balaban J connectivity index is 2.83. The second-order valence-corrected chi connectivity index (χ2v) is 6.96. The van der Waals surface area contributed by atoms with Gasteiger partial charge in [-0.2, -0.15) is 0 Å². The maximum atomic E-state index is 12.3. The van der Waals surface area contributed by atoms with Crippen LogP contribution in [0, 0.1) is 5.92 Å². The molecule has 0 radical (unpaired) electrons. The topological polar surface area (TPSA) is 55.8 Å². The number of allylic oxidation sites excluding steroid dienone is 2. The number of amides is 1. The van der Waals surface area contributed by atoms with Crippen molar-refractivity contribution in [2.24, 2.45) is 5.92 Å². The third-order valence-corrected chi connectivity index (χ3v) is 3.70. The van der Waals surface area contributed by atoms with E-state index < -0.39 is 17.7 Å². The highest BCUT2D eigenvalue weighted by molar-refractivity contribution is 9.09. The van der Waals surface area contributed by atoms with Crippen molar-refractivity contribution >= 4 is 28.0 Å². The molecule has 1 amide bonds. The summed E-state index contributed by atoms with van der Waals surface area (Å²) >= 11 is 3.35. The summed E-state index contributed by atoms with van der Waals surface area (Å²) in [4.78, 5) is 26.0. The molecule has 6 heteroatoms. The zero-order chi connectivity index (χ0) is 16.8. The summed E-state index contributed by atoms with van der Waals surface area (Å²) in [5.41, 5.74) is -0.580. The Morgan fingerprint density at radius 2 is 2.05 bits per heavy atom. The van der Waals surface area contributed by atoms with Gasteiger partial charge in [0.05, 0.1) is 6.61 Å². The molecule has 5 nitrogen and oxygen atoms in total. The third-order valence-electron chi connectivity index (χ3n) is 3.33. The number of piperidine rings is 1. The second kappa shape index (κ2) is 8.56. The minimum atomic E-state index is -0.580. The first-order valence-electron chi connectivity index (χ1n) is 7.67. The summed E-state index contributed by atoms with van der Waals surface area (Å²) in [6.45, 7) is 8.01. The van der Waals surface area contributed by atoms with E-state index >= 15 is 0 Å². The molecule has 0 saturated carbocycles. The Bertz CT molecular complexity index is 417. The number of hydrogen-bond acceptors (Lipinski definition) is 4. The molecule has 0 aromatic carbocycles. The quantitative estimate of drug-likeness (QED) is 0.428. The summed E-state index contributed by atoms with van der Waals surface area (Å²) in [5, 5.41) is 0.781. The first kappa shape index (κ1) is 19.0. The van der Waals surface area contributed by atoms with Gasteiger partial charge < -0.3 is 9.47 Å². The normalized spacial score (nSPS) is 22.7. The van der Waals surface area contributed by atoms with Crippen LogP contribution in [0.15, 0.2) is 12.2 Å². The van der Waals surface area contributed by atoms with Crippen molar-refractivity contribution in [2.75, 3.05) is 18.5 Å². The van der Waals surface area contributed by atoms with E-state index in [0.717, 1.165) is 11.8 Å². The summed E-state index contributed by atoms with van der Waals surface area (Å²) in [6.07, 6.45) is 5.05. The molecule has 0 aromatic heterocycles. The monoisotopic (exact) mass is 375 g/mol. The van der Waals surface area contributed by atoms with Crippen molar-refractivity contribution < 1.29 is 19.1 Å². The molecule has 1 heterocycles.